The van der Waals surface area contributed by atoms with Gasteiger partial charge in [-0.3, -0.25) is 0 Å². The minimum Gasteiger partial charge on any atom is -0.478 e. The van der Waals surface area contributed by atoms with E-state index in [4.69, 9.17) is 5.11 Å². The summed E-state index contributed by atoms with van der Waals surface area (Å²) in [6.07, 6.45) is 1.87. The molecule has 0 fully saturated rings. The molecule has 0 spiro atoms. The van der Waals surface area contributed by atoms with Gasteiger partial charge in [0.05, 0.1) is 5.56 Å². The molecule has 3 nitrogen and oxygen atoms in total. The van der Waals surface area contributed by atoms with Gasteiger partial charge in [-0.2, -0.15) is 0 Å². The minimum absolute atomic E-state index is 0.258. The maximum Gasteiger partial charge on any atom is 0.335 e. The molecule has 2 aromatic carbocycles. The molecule has 0 amide bonds. The highest BCUT2D eigenvalue weighted by Gasteiger charge is 2.07. The van der Waals surface area contributed by atoms with Gasteiger partial charge in [0.25, 0.3) is 0 Å². The fourth-order valence-electron chi connectivity index (χ4n) is 2.37. The molecule has 5 heteroatoms. The van der Waals surface area contributed by atoms with Crippen LogP contribution in [0.4, 0.5) is 4.39 Å². The van der Waals surface area contributed by atoms with Crippen LogP contribution in [-0.4, -0.2) is 15.6 Å². The van der Waals surface area contributed by atoms with Crippen molar-refractivity contribution >= 4 is 32.8 Å². The molecule has 0 aliphatic carbocycles. The molecule has 1 heterocycles. The largest absolute Gasteiger partial charge is 0.478 e. The summed E-state index contributed by atoms with van der Waals surface area (Å²) in [4.78, 5) is 11.0. The van der Waals surface area contributed by atoms with Crippen LogP contribution in [0.5, 0.6) is 0 Å². The Labute approximate surface area is 128 Å². The molecule has 106 valence electrons. The predicted molar refractivity (Wildman–Crippen MR) is 82.1 cm³/mol. The third-order valence-electron chi connectivity index (χ3n) is 3.29. The number of nitrogens with zero attached hydrogens (tertiary/aromatic N) is 1. The lowest BCUT2D eigenvalue weighted by molar-refractivity contribution is 0.0697. The second kappa shape index (κ2) is 5.33. The van der Waals surface area contributed by atoms with Gasteiger partial charge in [-0.15, -0.1) is 0 Å². The van der Waals surface area contributed by atoms with Gasteiger partial charge in [-0.05, 0) is 48.0 Å². The third kappa shape index (κ3) is 2.83. The Morgan fingerprint density at radius 2 is 2.00 bits per heavy atom. The van der Waals surface area contributed by atoms with E-state index in [1.165, 1.54) is 12.1 Å². The van der Waals surface area contributed by atoms with E-state index in [1.807, 2.05) is 22.9 Å². The van der Waals surface area contributed by atoms with Crippen LogP contribution in [0, 0.1) is 5.82 Å². The lowest BCUT2D eigenvalue weighted by Crippen LogP contribution is -1.99. The monoisotopic (exact) mass is 347 g/mol. The van der Waals surface area contributed by atoms with Crippen LogP contribution in [0.15, 0.2) is 53.1 Å². The van der Waals surface area contributed by atoms with Crippen LogP contribution in [0.25, 0.3) is 10.9 Å². The van der Waals surface area contributed by atoms with E-state index in [-0.39, 0.29) is 11.4 Å². The molecule has 0 aliphatic rings. The summed E-state index contributed by atoms with van der Waals surface area (Å²) in [7, 11) is 0. The molecule has 0 unspecified atom stereocenters. The summed E-state index contributed by atoms with van der Waals surface area (Å²) in [6, 6.07) is 11.6. The third-order valence-corrected chi connectivity index (χ3v) is 3.75. The smallest absolute Gasteiger partial charge is 0.335 e. The molecule has 0 bridgehead atoms. The minimum atomic E-state index is -0.946. The summed E-state index contributed by atoms with van der Waals surface area (Å²) < 4.78 is 16.1. The van der Waals surface area contributed by atoms with Crippen LogP contribution in [0.1, 0.15) is 15.9 Å². The first kappa shape index (κ1) is 13.8. The molecule has 3 rings (SSSR count). The highest BCUT2D eigenvalue weighted by Crippen LogP contribution is 2.21. The van der Waals surface area contributed by atoms with E-state index in [0.717, 1.165) is 16.5 Å². The van der Waals surface area contributed by atoms with Gasteiger partial charge >= 0.3 is 5.97 Å². The lowest BCUT2D eigenvalue weighted by atomic mass is 10.1. The molecule has 3 aromatic rings. The van der Waals surface area contributed by atoms with Gasteiger partial charge in [-0.1, -0.05) is 15.9 Å². The summed E-state index contributed by atoms with van der Waals surface area (Å²) in [5.41, 5.74) is 2.01. The molecule has 0 aliphatic heterocycles. The maximum absolute atomic E-state index is 13.4. The van der Waals surface area contributed by atoms with E-state index >= 15 is 0 Å². The first-order valence-electron chi connectivity index (χ1n) is 6.30. The Morgan fingerprint density at radius 1 is 1.19 bits per heavy atom. The van der Waals surface area contributed by atoms with Crippen molar-refractivity contribution in [3.05, 3.63) is 70.1 Å². The first-order valence-corrected chi connectivity index (χ1v) is 7.09. The maximum atomic E-state index is 13.4. The van der Waals surface area contributed by atoms with Crippen LogP contribution < -0.4 is 0 Å². The van der Waals surface area contributed by atoms with Gasteiger partial charge in [0, 0.05) is 28.1 Å². The normalized spacial score (nSPS) is 11.0. The Balaban J connectivity index is 1.99. The highest BCUT2D eigenvalue weighted by molar-refractivity contribution is 9.10. The first-order chi connectivity index (χ1) is 10.0. The van der Waals surface area contributed by atoms with Crippen LogP contribution >= 0.6 is 15.9 Å². The quantitative estimate of drug-likeness (QED) is 0.767. The number of halogens is 2. The molecular formula is C16H11BrFNO2. The van der Waals surface area contributed by atoms with Crippen molar-refractivity contribution in [1.82, 2.24) is 4.57 Å². The number of carboxylic acids is 1. The van der Waals surface area contributed by atoms with Crippen LogP contribution in [-0.2, 0) is 6.54 Å². The Morgan fingerprint density at radius 3 is 2.71 bits per heavy atom. The molecule has 21 heavy (non-hydrogen) atoms. The number of rotatable bonds is 3. The molecule has 1 aromatic heterocycles. The van der Waals surface area contributed by atoms with Crippen molar-refractivity contribution in [2.45, 2.75) is 6.54 Å². The molecule has 0 saturated carbocycles. The Hall–Kier alpha value is -2.14. The van der Waals surface area contributed by atoms with Gasteiger partial charge in [0.2, 0.25) is 0 Å². The van der Waals surface area contributed by atoms with Crippen LogP contribution in [0.3, 0.4) is 0 Å². The summed E-state index contributed by atoms with van der Waals surface area (Å²) >= 11 is 3.28. The molecule has 0 saturated heterocycles. The van der Waals surface area contributed by atoms with Crippen molar-refractivity contribution < 1.29 is 14.3 Å². The average Bonchev–Trinajstić information content (AvgIpc) is 2.80. The second-order valence-corrected chi connectivity index (χ2v) is 5.72. The van der Waals surface area contributed by atoms with E-state index in [2.05, 4.69) is 15.9 Å². The van der Waals surface area contributed by atoms with Gasteiger partial charge in [0.15, 0.2) is 0 Å². The van der Waals surface area contributed by atoms with Gasteiger partial charge < -0.3 is 9.67 Å². The van der Waals surface area contributed by atoms with Crippen molar-refractivity contribution in [2.24, 2.45) is 0 Å². The summed E-state index contributed by atoms with van der Waals surface area (Å²) in [5, 5.41) is 9.85. The van der Waals surface area contributed by atoms with E-state index < -0.39 is 5.97 Å². The average molecular weight is 348 g/mol. The zero-order chi connectivity index (χ0) is 15.0. The molecule has 1 N–H and O–H groups in total. The number of carbonyl (C=O) groups is 1. The van der Waals surface area contributed by atoms with Crippen molar-refractivity contribution in [3.8, 4) is 0 Å². The van der Waals surface area contributed by atoms with Crippen LogP contribution in [0.2, 0.25) is 0 Å². The number of carboxylic acid groups (broad SMARTS) is 1. The number of benzene rings is 2. The Kier molecular flexibility index (Phi) is 3.51. The standard InChI is InChI=1S/C16H11BrFNO2/c17-13-5-10(6-14(18)8-13)9-19-4-3-11-7-12(16(20)21)1-2-15(11)19/h1-8H,9H2,(H,20,21). The highest BCUT2D eigenvalue weighted by atomic mass is 79.9. The van der Waals surface area contributed by atoms with E-state index in [9.17, 15) is 9.18 Å². The number of aromatic nitrogens is 1. The fourth-order valence-corrected chi connectivity index (χ4v) is 2.88. The Bertz CT molecular complexity index is 821. The zero-order valence-electron chi connectivity index (χ0n) is 10.9. The van der Waals surface area contributed by atoms with Gasteiger partial charge in [-0.25, -0.2) is 9.18 Å². The van der Waals surface area contributed by atoms with E-state index in [0.29, 0.717) is 11.0 Å². The van der Waals surface area contributed by atoms with E-state index in [1.54, 1.807) is 18.2 Å². The number of fused-ring (bicyclic) bond motifs is 1. The number of hydrogen-bond acceptors (Lipinski definition) is 1. The van der Waals surface area contributed by atoms with Crippen molar-refractivity contribution in [2.75, 3.05) is 0 Å². The molecular weight excluding hydrogens is 337 g/mol. The zero-order valence-corrected chi connectivity index (χ0v) is 12.5. The molecule has 0 atom stereocenters. The van der Waals surface area contributed by atoms with Gasteiger partial charge in [0.1, 0.15) is 5.82 Å². The lowest BCUT2D eigenvalue weighted by Gasteiger charge is -2.07. The van der Waals surface area contributed by atoms with Crippen molar-refractivity contribution in [1.29, 1.82) is 0 Å². The SMILES string of the molecule is O=C(O)c1ccc2c(ccn2Cc2cc(F)cc(Br)c2)c1. The molecule has 0 radical (unpaired) electrons. The number of aromatic carboxylic acids is 1. The summed E-state index contributed by atoms with van der Waals surface area (Å²) in [5.74, 6) is -1.23. The van der Waals surface area contributed by atoms with Crippen molar-refractivity contribution in [3.63, 3.8) is 0 Å². The number of hydrogen-bond donors (Lipinski definition) is 1. The topological polar surface area (TPSA) is 42.2 Å². The predicted octanol–water partition coefficient (Wildman–Crippen LogP) is 4.29. The fraction of sp³-hybridized carbons (Fsp3) is 0.0625. The summed E-state index contributed by atoms with van der Waals surface area (Å²) in [6.45, 7) is 0.520. The second-order valence-electron chi connectivity index (χ2n) is 4.80.